The Morgan fingerprint density at radius 1 is 1.65 bits per heavy atom. The fraction of sp³-hybridized carbons (Fsp3) is 0.333. The predicted molar refractivity (Wildman–Crippen MR) is 62.6 cm³/mol. The topological polar surface area (TPSA) is 78.9 Å². The number of carbonyl (C=O) groups is 1. The van der Waals surface area contributed by atoms with Gasteiger partial charge in [0.1, 0.15) is 11.9 Å². The lowest BCUT2D eigenvalue weighted by molar-refractivity contribution is -0.116. The smallest absolute Gasteiger partial charge is 0.224 e. The van der Waals surface area contributed by atoms with Crippen LogP contribution < -0.4 is 11.1 Å². The largest absolute Gasteiger partial charge is 0.330 e. The molecular formula is C12H14FN3O. The van der Waals surface area contributed by atoms with E-state index in [1.165, 1.54) is 12.1 Å². The zero-order valence-electron chi connectivity index (χ0n) is 9.53. The highest BCUT2D eigenvalue weighted by Crippen LogP contribution is 2.16. The van der Waals surface area contributed by atoms with Gasteiger partial charge in [-0.05, 0) is 30.7 Å². The Bertz CT molecular complexity index is 454. The highest BCUT2D eigenvalue weighted by atomic mass is 19.1. The van der Waals surface area contributed by atoms with Crippen molar-refractivity contribution in [1.82, 2.24) is 0 Å². The first-order chi connectivity index (χ1) is 8.06. The molecule has 0 aliphatic heterocycles. The third-order valence-electron chi connectivity index (χ3n) is 2.31. The Hall–Kier alpha value is -1.93. The second-order valence-electron chi connectivity index (χ2n) is 3.89. The first-order valence-electron chi connectivity index (χ1n) is 5.26. The first kappa shape index (κ1) is 13.1. The third kappa shape index (κ3) is 3.85. The van der Waals surface area contributed by atoms with Crippen LogP contribution >= 0.6 is 0 Å². The molecule has 17 heavy (non-hydrogen) atoms. The quantitative estimate of drug-likeness (QED) is 0.832. The minimum atomic E-state index is -0.505. The number of amides is 1. The molecule has 1 aromatic rings. The summed E-state index contributed by atoms with van der Waals surface area (Å²) in [5.74, 6) is -0.665. The number of hydrogen-bond donors (Lipinski definition) is 2. The molecule has 1 aromatic carbocycles. The average molecular weight is 235 g/mol. The van der Waals surface area contributed by atoms with Crippen LogP contribution in [0.5, 0.6) is 0 Å². The number of nitriles is 1. The number of nitrogens with two attached hydrogens (primary N) is 1. The summed E-state index contributed by atoms with van der Waals surface area (Å²) in [6, 6.07) is 5.49. The molecule has 0 aliphatic carbocycles. The van der Waals surface area contributed by atoms with Crippen LogP contribution in [0.4, 0.5) is 10.1 Å². The van der Waals surface area contributed by atoms with E-state index in [9.17, 15) is 9.18 Å². The number of benzene rings is 1. The Labute approximate surface area is 99.2 Å². The molecule has 0 spiro atoms. The van der Waals surface area contributed by atoms with E-state index in [2.05, 4.69) is 5.32 Å². The van der Waals surface area contributed by atoms with Crippen molar-refractivity contribution in [3.8, 4) is 6.07 Å². The lowest BCUT2D eigenvalue weighted by Gasteiger charge is -2.10. The number of carbonyl (C=O) groups excluding carboxylic acids is 1. The Morgan fingerprint density at radius 3 is 2.94 bits per heavy atom. The van der Waals surface area contributed by atoms with Gasteiger partial charge in [-0.1, -0.05) is 6.92 Å². The monoisotopic (exact) mass is 235 g/mol. The summed E-state index contributed by atoms with van der Waals surface area (Å²) in [5, 5.41) is 11.4. The van der Waals surface area contributed by atoms with Crippen LogP contribution in [-0.4, -0.2) is 12.5 Å². The third-order valence-corrected chi connectivity index (χ3v) is 2.31. The summed E-state index contributed by atoms with van der Waals surface area (Å²) in [5.41, 5.74) is 5.84. The van der Waals surface area contributed by atoms with E-state index in [4.69, 9.17) is 11.0 Å². The molecule has 1 atom stereocenters. The number of nitrogens with zero attached hydrogens (tertiary/aromatic N) is 1. The van der Waals surface area contributed by atoms with Gasteiger partial charge in [0, 0.05) is 6.42 Å². The molecule has 0 bridgehead atoms. The van der Waals surface area contributed by atoms with E-state index in [1.54, 1.807) is 0 Å². The zero-order valence-corrected chi connectivity index (χ0v) is 9.53. The van der Waals surface area contributed by atoms with E-state index in [1.807, 2.05) is 13.0 Å². The van der Waals surface area contributed by atoms with Gasteiger partial charge in [-0.15, -0.1) is 0 Å². The molecule has 0 heterocycles. The first-order valence-corrected chi connectivity index (χ1v) is 5.26. The minimum Gasteiger partial charge on any atom is -0.330 e. The maximum absolute atomic E-state index is 12.9. The molecule has 0 saturated heterocycles. The van der Waals surface area contributed by atoms with Crippen LogP contribution in [0.15, 0.2) is 18.2 Å². The maximum atomic E-state index is 12.9. The molecule has 1 amide bonds. The normalized spacial score (nSPS) is 11.6. The number of anilines is 1. The molecule has 1 rings (SSSR count). The van der Waals surface area contributed by atoms with Crippen molar-refractivity contribution in [3.63, 3.8) is 0 Å². The summed E-state index contributed by atoms with van der Waals surface area (Å²) >= 11 is 0. The molecule has 0 fully saturated rings. The van der Waals surface area contributed by atoms with Crippen LogP contribution in [-0.2, 0) is 4.79 Å². The molecule has 0 aromatic heterocycles. The van der Waals surface area contributed by atoms with Crippen LogP contribution in [0.3, 0.4) is 0 Å². The van der Waals surface area contributed by atoms with Gasteiger partial charge in [0.15, 0.2) is 0 Å². The molecule has 90 valence electrons. The van der Waals surface area contributed by atoms with Crippen molar-refractivity contribution in [1.29, 1.82) is 5.26 Å². The van der Waals surface area contributed by atoms with Gasteiger partial charge in [-0.2, -0.15) is 5.26 Å². The van der Waals surface area contributed by atoms with Crippen molar-refractivity contribution in [2.45, 2.75) is 13.3 Å². The molecule has 5 heteroatoms. The highest BCUT2D eigenvalue weighted by Gasteiger charge is 2.10. The SMILES string of the molecule is CC(CN)CC(=O)Nc1ccc(F)cc1C#N. The Balaban J connectivity index is 2.75. The minimum absolute atomic E-state index is 0.0704. The molecule has 4 nitrogen and oxygen atoms in total. The van der Waals surface area contributed by atoms with Crippen molar-refractivity contribution < 1.29 is 9.18 Å². The molecule has 0 saturated carbocycles. The Morgan fingerprint density at radius 2 is 2.35 bits per heavy atom. The van der Waals surface area contributed by atoms with Gasteiger partial charge >= 0.3 is 0 Å². The molecule has 0 aliphatic rings. The summed E-state index contributed by atoms with van der Waals surface area (Å²) in [6.45, 7) is 2.28. The number of nitrogens with one attached hydrogen (secondary N) is 1. The fourth-order valence-corrected chi connectivity index (χ4v) is 1.32. The van der Waals surface area contributed by atoms with Gasteiger partial charge in [-0.25, -0.2) is 4.39 Å². The van der Waals surface area contributed by atoms with Crippen LogP contribution in [0.1, 0.15) is 18.9 Å². The van der Waals surface area contributed by atoms with Gasteiger partial charge < -0.3 is 11.1 Å². The summed E-state index contributed by atoms with van der Waals surface area (Å²) in [6.07, 6.45) is 0.277. The van der Waals surface area contributed by atoms with E-state index in [0.29, 0.717) is 12.2 Å². The van der Waals surface area contributed by atoms with Crippen LogP contribution in [0.2, 0.25) is 0 Å². The van der Waals surface area contributed by atoms with Crippen LogP contribution in [0, 0.1) is 23.1 Å². The maximum Gasteiger partial charge on any atom is 0.224 e. The van der Waals surface area contributed by atoms with Crippen molar-refractivity contribution in [2.24, 2.45) is 11.7 Å². The summed E-state index contributed by atoms with van der Waals surface area (Å²) < 4.78 is 12.9. The van der Waals surface area contributed by atoms with Crippen molar-refractivity contribution in [2.75, 3.05) is 11.9 Å². The van der Waals surface area contributed by atoms with Crippen molar-refractivity contribution >= 4 is 11.6 Å². The number of halogens is 1. The van der Waals surface area contributed by atoms with E-state index >= 15 is 0 Å². The second-order valence-corrected chi connectivity index (χ2v) is 3.89. The average Bonchev–Trinajstić information content (AvgIpc) is 2.31. The predicted octanol–water partition coefficient (Wildman–Crippen LogP) is 1.62. The molecule has 1 unspecified atom stereocenters. The van der Waals surface area contributed by atoms with E-state index < -0.39 is 5.82 Å². The molecule has 0 radical (unpaired) electrons. The fourth-order valence-electron chi connectivity index (χ4n) is 1.32. The lowest BCUT2D eigenvalue weighted by Crippen LogP contribution is -2.20. The summed E-state index contributed by atoms with van der Waals surface area (Å²) in [7, 11) is 0. The highest BCUT2D eigenvalue weighted by molar-refractivity contribution is 5.92. The summed E-state index contributed by atoms with van der Waals surface area (Å²) in [4.78, 5) is 11.6. The lowest BCUT2D eigenvalue weighted by atomic mass is 10.1. The van der Waals surface area contributed by atoms with E-state index in [-0.39, 0.29) is 23.8 Å². The van der Waals surface area contributed by atoms with Crippen molar-refractivity contribution in [3.05, 3.63) is 29.6 Å². The van der Waals surface area contributed by atoms with Crippen LogP contribution in [0.25, 0.3) is 0 Å². The van der Waals surface area contributed by atoms with Gasteiger partial charge in [0.25, 0.3) is 0 Å². The second kappa shape index (κ2) is 5.97. The molecule has 3 N–H and O–H groups in total. The van der Waals surface area contributed by atoms with Gasteiger partial charge in [0.2, 0.25) is 5.91 Å². The van der Waals surface area contributed by atoms with Gasteiger partial charge in [-0.3, -0.25) is 4.79 Å². The number of rotatable bonds is 4. The Kier molecular flexibility index (Phi) is 4.61. The standard InChI is InChI=1S/C12H14FN3O/c1-8(6-14)4-12(17)16-11-3-2-10(13)5-9(11)7-15/h2-3,5,8H,4,6,14H2,1H3,(H,16,17). The van der Waals surface area contributed by atoms with E-state index in [0.717, 1.165) is 6.07 Å². The number of hydrogen-bond acceptors (Lipinski definition) is 3. The van der Waals surface area contributed by atoms with Gasteiger partial charge in [0.05, 0.1) is 11.3 Å². The molecular weight excluding hydrogens is 221 g/mol. The zero-order chi connectivity index (χ0) is 12.8.